The Kier molecular flexibility index (Phi) is 6.06. The van der Waals surface area contributed by atoms with Crippen LogP contribution in [0.3, 0.4) is 0 Å². The number of benzene rings is 1. The van der Waals surface area contributed by atoms with Crippen molar-refractivity contribution in [2.24, 2.45) is 0 Å². The number of anilines is 1. The summed E-state index contributed by atoms with van der Waals surface area (Å²) in [5.74, 6) is 0.649. The Hall–Kier alpha value is -2.57. The van der Waals surface area contributed by atoms with Crippen molar-refractivity contribution in [1.29, 1.82) is 0 Å². The second-order valence-corrected chi connectivity index (χ2v) is 9.74. The summed E-state index contributed by atoms with van der Waals surface area (Å²) in [6.07, 6.45) is 6.95. The van der Waals surface area contributed by atoms with Gasteiger partial charge < -0.3 is 19.5 Å². The molecule has 5 rings (SSSR count). The van der Waals surface area contributed by atoms with Gasteiger partial charge in [-0.15, -0.1) is 0 Å². The minimum atomic E-state index is -0.0721. The number of halogens is 1. The second-order valence-electron chi connectivity index (χ2n) is 8.95. The monoisotopic (exact) mass is 480 g/mol. The van der Waals surface area contributed by atoms with Crippen LogP contribution in [0.2, 0.25) is 5.02 Å². The van der Waals surface area contributed by atoms with Crippen molar-refractivity contribution in [3.05, 3.63) is 76.3 Å². The molecule has 7 heteroatoms. The summed E-state index contributed by atoms with van der Waals surface area (Å²) in [5, 5.41) is 4.79. The predicted molar refractivity (Wildman–Crippen MR) is 137 cm³/mol. The van der Waals surface area contributed by atoms with E-state index in [0.717, 1.165) is 11.4 Å². The molecular weight excluding hydrogens is 452 g/mol. The van der Waals surface area contributed by atoms with Crippen LogP contribution in [0.25, 0.3) is 0 Å². The number of methoxy groups -OCH3 is 1. The Morgan fingerprint density at radius 2 is 1.91 bits per heavy atom. The number of rotatable bonds is 5. The molecule has 1 aliphatic carbocycles. The topological polar surface area (TPSA) is 42.3 Å². The van der Waals surface area contributed by atoms with E-state index in [1.807, 2.05) is 36.5 Å². The maximum Gasteiger partial charge on any atom is 0.174 e. The molecule has 33 heavy (non-hydrogen) atoms. The highest BCUT2D eigenvalue weighted by Gasteiger charge is 2.42. The fraction of sp³-hybridized carbons (Fsp3) is 0.385. The van der Waals surface area contributed by atoms with Gasteiger partial charge in [0, 0.05) is 29.3 Å². The molecule has 2 aliphatic rings. The Morgan fingerprint density at radius 1 is 1.12 bits per heavy atom. The standard InChI is InChI=1S/C26H29ClN4OS/c1-16-14-20(17(2)30(16)18-8-4-5-9-18)25-24(22-10-6-7-13-28-22)29-26(33)31(25)19-11-12-23(32-3)21(27)15-19/h6-7,10-15,18,24-25H,4-5,8-9H2,1-3H3,(H,29,33)/t24-,25+/m0/s1. The predicted octanol–water partition coefficient (Wildman–Crippen LogP) is 6.45. The molecule has 172 valence electrons. The first kappa shape index (κ1) is 22.2. The number of thiocarbonyl (C=S) groups is 1. The van der Waals surface area contributed by atoms with Gasteiger partial charge in [-0.1, -0.05) is 30.5 Å². The van der Waals surface area contributed by atoms with Crippen molar-refractivity contribution in [2.75, 3.05) is 12.0 Å². The quantitative estimate of drug-likeness (QED) is 0.425. The molecule has 1 saturated carbocycles. The summed E-state index contributed by atoms with van der Waals surface area (Å²) < 4.78 is 7.91. The normalized spacial score (nSPS) is 21.0. The summed E-state index contributed by atoms with van der Waals surface area (Å²) in [5.41, 5.74) is 5.79. The van der Waals surface area contributed by atoms with Crippen LogP contribution in [0.1, 0.15) is 66.5 Å². The molecule has 1 aliphatic heterocycles. The van der Waals surface area contributed by atoms with Gasteiger partial charge in [0.05, 0.1) is 29.9 Å². The lowest BCUT2D eigenvalue weighted by molar-refractivity contribution is 0.415. The molecule has 0 spiro atoms. The number of pyridine rings is 1. The largest absolute Gasteiger partial charge is 0.495 e. The van der Waals surface area contributed by atoms with Crippen LogP contribution in [0.5, 0.6) is 5.75 Å². The number of aromatic nitrogens is 2. The Bertz CT molecular complexity index is 1170. The Balaban J connectivity index is 1.64. The molecule has 3 aromatic rings. The number of hydrogen-bond donors (Lipinski definition) is 1. The van der Waals surface area contributed by atoms with Gasteiger partial charge in [0.25, 0.3) is 0 Å². The SMILES string of the molecule is COc1ccc(N2C(=S)N[C@@H](c3ccccn3)[C@H]2c2cc(C)n(C3CCCC3)c2C)cc1Cl. The zero-order chi connectivity index (χ0) is 23.1. The molecule has 5 nitrogen and oxygen atoms in total. The average Bonchev–Trinajstić information content (AvgIpc) is 3.52. The maximum atomic E-state index is 6.52. The molecule has 0 radical (unpaired) electrons. The van der Waals surface area contributed by atoms with Crippen LogP contribution in [-0.4, -0.2) is 21.8 Å². The van der Waals surface area contributed by atoms with E-state index in [0.29, 0.717) is 21.9 Å². The number of aryl methyl sites for hydroxylation is 1. The lowest BCUT2D eigenvalue weighted by Crippen LogP contribution is -2.29. The van der Waals surface area contributed by atoms with E-state index in [-0.39, 0.29) is 12.1 Å². The number of nitrogens with one attached hydrogen (secondary N) is 1. The molecule has 0 amide bonds. The van der Waals surface area contributed by atoms with Crippen LogP contribution in [-0.2, 0) is 0 Å². The first-order chi connectivity index (χ1) is 16.0. The first-order valence-electron chi connectivity index (χ1n) is 11.5. The van der Waals surface area contributed by atoms with Gasteiger partial charge in [-0.05, 0) is 80.9 Å². The maximum absolute atomic E-state index is 6.52. The van der Waals surface area contributed by atoms with Crippen LogP contribution in [0.15, 0.2) is 48.7 Å². The van der Waals surface area contributed by atoms with Gasteiger partial charge in [-0.25, -0.2) is 0 Å². The second kappa shape index (κ2) is 8.99. The summed E-state index contributed by atoms with van der Waals surface area (Å²) in [4.78, 5) is 6.86. The van der Waals surface area contributed by atoms with Gasteiger partial charge >= 0.3 is 0 Å². The third kappa shape index (κ3) is 3.89. The third-order valence-electron chi connectivity index (χ3n) is 7.04. The minimum Gasteiger partial charge on any atom is -0.495 e. The van der Waals surface area contributed by atoms with Crippen molar-refractivity contribution < 1.29 is 4.74 Å². The van der Waals surface area contributed by atoms with Crippen LogP contribution in [0.4, 0.5) is 5.69 Å². The van der Waals surface area contributed by atoms with Gasteiger partial charge in [-0.3, -0.25) is 4.98 Å². The Morgan fingerprint density at radius 3 is 2.58 bits per heavy atom. The molecule has 2 aromatic heterocycles. The zero-order valence-electron chi connectivity index (χ0n) is 19.2. The van der Waals surface area contributed by atoms with E-state index in [1.165, 1.54) is 42.6 Å². The highest BCUT2D eigenvalue weighted by molar-refractivity contribution is 7.80. The average molecular weight is 481 g/mol. The molecular formula is C26H29ClN4OS. The van der Waals surface area contributed by atoms with E-state index >= 15 is 0 Å². The molecule has 3 heterocycles. The van der Waals surface area contributed by atoms with Crippen LogP contribution < -0.4 is 15.0 Å². The van der Waals surface area contributed by atoms with Gasteiger partial charge in [0.15, 0.2) is 5.11 Å². The molecule has 1 saturated heterocycles. The summed E-state index contributed by atoms with van der Waals surface area (Å²) in [6.45, 7) is 4.47. The van der Waals surface area contributed by atoms with Gasteiger partial charge in [-0.2, -0.15) is 0 Å². The molecule has 1 aromatic carbocycles. The summed E-state index contributed by atoms with van der Waals surface area (Å²) in [7, 11) is 1.63. The lowest BCUT2D eigenvalue weighted by Gasteiger charge is -2.29. The van der Waals surface area contributed by atoms with Crippen molar-refractivity contribution >= 4 is 34.6 Å². The van der Waals surface area contributed by atoms with Crippen molar-refractivity contribution in [2.45, 2.75) is 57.7 Å². The number of ether oxygens (including phenoxy) is 1. The van der Waals surface area contributed by atoms with E-state index in [9.17, 15) is 0 Å². The number of nitrogens with zero attached hydrogens (tertiary/aromatic N) is 3. The van der Waals surface area contributed by atoms with Crippen molar-refractivity contribution in [1.82, 2.24) is 14.9 Å². The zero-order valence-corrected chi connectivity index (χ0v) is 20.8. The van der Waals surface area contributed by atoms with Crippen LogP contribution in [0, 0.1) is 13.8 Å². The minimum absolute atomic E-state index is 0.0433. The summed E-state index contributed by atoms with van der Waals surface area (Å²) in [6, 6.07) is 14.7. The van der Waals surface area contributed by atoms with Gasteiger partial charge in [0.1, 0.15) is 5.75 Å². The first-order valence-corrected chi connectivity index (χ1v) is 12.3. The van der Waals surface area contributed by atoms with Crippen LogP contribution >= 0.6 is 23.8 Å². The fourth-order valence-electron chi connectivity index (χ4n) is 5.58. The fourth-order valence-corrected chi connectivity index (χ4v) is 6.18. The van der Waals surface area contributed by atoms with E-state index < -0.39 is 0 Å². The van der Waals surface area contributed by atoms with E-state index in [2.05, 4.69) is 45.7 Å². The smallest absolute Gasteiger partial charge is 0.174 e. The van der Waals surface area contributed by atoms with Crippen molar-refractivity contribution in [3.63, 3.8) is 0 Å². The summed E-state index contributed by atoms with van der Waals surface area (Å²) >= 11 is 12.4. The number of hydrogen-bond acceptors (Lipinski definition) is 3. The van der Waals surface area contributed by atoms with E-state index in [1.54, 1.807) is 7.11 Å². The molecule has 2 atom stereocenters. The molecule has 2 fully saturated rings. The highest BCUT2D eigenvalue weighted by Crippen LogP contribution is 2.45. The van der Waals surface area contributed by atoms with E-state index in [4.69, 9.17) is 28.6 Å². The molecule has 0 unspecified atom stereocenters. The van der Waals surface area contributed by atoms with Crippen molar-refractivity contribution in [3.8, 4) is 5.75 Å². The molecule has 1 N–H and O–H groups in total. The highest BCUT2D eigenvalue weighted by atomic mass is 35.5. The van der Waals surface area contributed by atoms with Gasteiger partial charge in [0.2, 0.25) is 0 Å². The Labute approximate surface area is 205 Å². The lowest BCUT2D eigenvalue weighted by atomic mass is 9.96. The molecule has 0 bridgehead atoms. The third-order valence-corrected chi connectivity index (χ3v) is 7.65.